The van der Waals surface area contributed by atoms with Crippen LogP contribution in [0.25, 0.3) is 0 Å². The fraction of sp³-hybridized carbons (Fsp3) is 0.750. The predicted octanol–water partition coefficient (Wildman–Crippen LogP) is 2.17. The highest BCUT2D eigenvalue weighted by molar-refractivity contribution is 5.00. The molecule has 3 heteroatoms. The lowest BCUT2D eigenvalue weighted by Crippen LogP contribution is -2.23. The van der Waals surface area contributed by atoms with Crippen LogP contribution in [0.4, 0.5) is 0 Å². The summed E-state index contributed by atoms with van der Waals surface area (Å²) in [5, 5.41) is 3.47. The first-order valence-electron chi connectivity index (χ1n) is 5.90. The molecule has 1 N–H and O–H groups in total. The van der Waals surface area contributed by atoms with Gasteiger partial charge in [0.15, 0.2) is 5.89 Å². The smallest absolute Gasteiger partial charge is 0.194 e. The zero-order valence-corrected chi connectivity index (χ0v) is 9.62. The van der Waals surface area contributed by atoms with E-state index >= 15 is 0 Å². The lowest BCUT2D eigenvalue weighted by molar-refractivity contribution is 0.457. The second-order valence-corrected chi connectivity index (χ2v) is 4.83. The van der Waals surface area contributed by atoms with Crippen molar-refractivity contribution in [3.05, 3.63) is 17.8 Å². The quantitative estimate of drug-likeness (QED) is 0.824. The van der Waals surface area contributed by atoms with Gasteiger partial charge in [-0.05, 0) is 25.3 Å². The number of oxazole rings is 1. The van der Waals surface area contributed by atoms with Gasteiger partial charge < -0.3 is 9.73 Å². The van der Waals surface area contributed by atoms with E-state index in [1.54, 1.807) is 0 Å². The second kappa shape index (κ2) is 4.79. The molecule has 1 aromatic heterocycles. The van der Waals surface area contributed by atoms with Crippen LogP contribution in [-0.2, 0) is 12.8 Å². The Morgan fingerprint density at radius 1 is 1.60 bits per heavy atom. The Hall–Kier alpha value is -0.830. The van der Waals surface area contributed by atoms with Gasteiger partial charge in [-0.3, -0.25) is 0 Å². The molecule has 1 aliphatic heterocycles. The average molecular weight is 208 g/mol. The van der Waals surface area contributed by atoms with Crippen LogP contribution >= 0.6 is 0 Å². The maximum absolute atomic E-state index is 5.45. The van der Waals surface area contributed by atoms with E-state index in [4.69, 9.17) is 4.42 Å². The van der Waals surface area contributed by atoms with Crippen LogP contribution in [0.5, 0.6) is 0 Å². The second-order valence-electron chi connectivity index (χ2n) is 4.83. The Morgan fingerprint density at radius 2 is 2.47 bits per heavy atom. The molecule has 1 atom stereocenters. The molecule has 2 rings (SSSR count). The standard InChI is InChI=1S/C12H20N2O/c1-9(2)6-12-14-11(8-15-12)7-10-4-3-5-13-10/h8-10,13H,3-7H2,1-2H3. The summed E-state index contributed by atoms with van der Waals surface area (Å²) in [7, 11) is 0. The highest BCUT2D eigenvalue weighted by Gasteiger charge is 2.16. The van der Waals surface area contributed by atoms with Gasteiger partial charge in [0.1, 0.15) is 6.26 Å². The van der Waals surface area contributed by atoms with E-state index in [0.29, 0.717) is 12.0 Å². The topological polar surface area (TPSA) is 38.1 Å². The van der Waals surface area contributed by atoms with E-state index < -0.39 is 0 Å². The first-order chi connectivity index (χ1) is 7.24. The predicted molar refractivity (Wildman–Crippen MR) is 59.8 cm³/mol. The molecule has 0 aliphatic carbocycles. The van der Waals surface area contributed by atoms with Gasteiger partial charge in [0.2, 0.25) is 0 Å². The molecule has 0 bridgehead atoms. The van der Waals surface area contributed by atoms with Crippen LogP contribution in [0.2, 0.25) is 0 Å². The van der Waals surface area contributed by atoms with Gasteiger partial charge in [-0.2, -0.15) is 0 Å². The molecule has 1 fully saturated rings. The van der Waals surface area contributed by atoms with Crippen LogP contribution in [-0.4, -0.2) is 17.6 Å². The molecule has 15 heavy (non-hydrogen) atoms. The van der Waals surface area contributed by atoms with Crippen molar-refractivity contribution in [2.75, 3.05) is 6.54 Å². The summed E-state index contributed by atoms with van der Waals surface area (Å²) in [5.41, 5.74) is 1.10. The van der Waals surface area contributed by atoms with Gasteiger partial charge in [0, 0.05) is 18.9 Å². The summed E-state index contributed by atoms with van der Waals surface area (Å²) < 4.78 is 5.45. The highest BCUT2D eigenvalue weighted by Crippen LogP contribution is 2.13. The maximum atomic E-state index is 5.45. The van der Waals surface area contributed by atoms with Crippen molar-refractivity contribution in [3.63, 3.8) is 0 Å². The third-order valence-electron chi connectivity index (χ3n) is 2.80. The third kappa shape index (κ3) is 3.06. The zero-order valence-electron chi connectivity index (χ0n) is 9.62. The number of hydrogen-bond donors (Lipinski definition) is 1. The number of hydrogen-bond acceptors (Lipinski definition) is 3. The minimum Gasteiger partial charge on any atom is -0.449 e. The van der Waals surface area contributed by atoms with Gasteiger partial charge in [-0.15, -0.1) is 0 Å². The molecule has 0 saturated carbocycles. The average Bonchev–Trinajstić information content (AvgIpc) is 2.77. The van der Waals surface area contributed by atoms with E-state index in [2.05, 4.69) is 24.1 Å². The highest BCUT2D eigenvalue weighted by atomic mass is 16.3. The molecule has 0 spiro atoms. The van der Waals surface area contributed by atoms with Crippen molar-refractivity contribution in [1.82, 2.24) is 10.3 Å². The normalized spacial score (nSPS) is 21.4. The summed E-state index contributed by atoms with van der Waals surface area (Å²) in [4.78, 5) is 4.51. The Kier molecular flexibility index (Phi) is 3.41. The molecular formula is C12H20N2O. The van der Waals surface area contributed by atoms with Crippen molar-refractivity contribution >= 4 is 0 Å². The number of aromatic nitrogens is 1. The van der Waals surface area contributed by atoms with Gasteiger partial charge in [0.25, 0.3) is 0 Å². The maximum Gasteiger partial charge on any atom is 0.194 e. The van der Waals surface area contributed by atoms with E-state index in [9.17, 15) is 0 Å². The van der Waals surface area contributed by atoms with Crippen LogP contribution < -0.4 is 5.32 Å². The zero-order chi connectivity index (χ0) is 10.7. The molecule has 1 unspecified atom stereocenters. The van der Waals surface area contributed by atoms with Gasteiger partial charge >= 0.3 is 0 Å². The lowest BCUT2D eigenvalue weighted by Gasteiger charge is -2.05. The Bertz CT molecular complexity index is 300. The number of nitrogens with one attached hydrogen (secondary N) is 1. The van der Waals surface area contributed by atoms with E-state index in [1.165, 1.54) is 12.8 Å². The minimum atomic E-state index is 0.612. The Morgan fingerprint density at radius 3 is 3.13 bits per heavy atom. The molecule has 3 nitrogen and oxygen atoms in total. The summed E-state index contributed by atoms with van der Waals surface area (Å²) in [6.45, 7) is 5.52. The lowest BCUT2D eigenvalue weighted by atomic mass is 10.1. The van der Waals surface area contributed by atoms with E-state index in [0.717, 1.165) is 31.0 Å². The summed E-state index contributed by atoms with van der Waals surface area (Å²) in [6.07, 6.45) is 6.34. The molecule has 1 saturated heterocycles. The van der Waals surface area contributed by atoms with E-state index in [1.807, 2.05) is 6.26 Å². The van der Waals surface area contributed by atoms with Gasteiger partial charge in [0.05, 0.1) is 5.69 Å². The molecule has 1 aliphatic rings. The molecule has 0 amide bonds. The summed E-state index contributed by atoms with van der Waals surface area (Å²) in [5.74, 6) is 1.50. The first kappa shape index (κ1) is 10.7. The molecule has 0 aromatic carbocycles. The van der Waals surface area contributed by atoms with Crippen LogP contribution in [0.1, 0.15) is 38.3 Å². The van der Waals surface area contributed by atoms with Crippen LogP contribution in [0, 0.1) is 5.92 Å². The fourth-order valence-electron chi connectivity index (χ4n) is 2.07. The monoisotopic (exact) mass is 208 g/mol. The SMILES string of the molecule is CC(C)Cc1nc(CC2CCCN2)co1. The van der Waals surface area contributed by atoms with Gasteiger partial charge in [-0.1, -0.05) is 13.8 Å². The molecule has 0 radical (unpaired) electrons. The van der Waals surface area contributed by atoms with Crippen LogP contribution in [0.3, 0.4) is 0 Å². The largest absolute Gasteiger partial charge is 0.449 e. The molecule has 2 heterocycles. The van der Waals surface area contributed by atoms with Crippen molar-refractivity contribution < 1.29 is 4.42 Å². The fourth-order valence-corrected chi connectivity index (χ4v) is 2.07. The van der Waals surface area contributed by atoms with Crippen LogP contribution in [0.15, 0.2) is 10.7 Å². The molecule has 1 aromatic rings. The van der Waals surface area contributed by atoms with E-state index in [-0.39, 0.29) is 0 Å². The first-order valence-corrected chi connectivity index (χ1v) is 5.90. The minimum absolute atomic E-state index is 0.612. The summed E-state index contributed by atoms with van der Waals surface area (Å²) in [6, 6.07) is 0.613. The molecule has 84 valence electrons. The number of rotatable bonds is 4. The van der Waals surface area contributed by atoms with Crippen molar-refractivity contribution in [3.8, 4) is 0 Å². The molecular weight excluding hydrogens is 188 g/mol. The van der Waals surface area contributed by atoms with Crippen molar-refractivity contribution in [2.45, 2.75) is 45.6 Å². The summed E-state index contributed by atoms with van der Waals surface area (Å²) >= 11 is 0. The number of nitrogens with zero attached hydrogens (tertiary/aromatic N) is 1. The Balaban J connectivity index is 1.88. The van der Waals surface area contributed by atoms with Crippen molar-refractivity contribution in [2.24, 2.45) is 5.92 Å². The van der Waals surface area contributed by atoms with Crippen molar-refractivity contribution in [1.29, 1.82) is 0 Å². The third-order valence-corrected chi connectivity index (χ3v) is 2.80. The van der Waals surface area contributed by atoms with Gasteiger partial charge in [-0.25, -0.2) is 4.98 Å². The Labute approximate surface area is 91.3 Å².